The molecule has 2 heterocycles. The van der Waals surface area contributed by atoms with Crippen LogP contribution in [0.2, 0.25) is 0 Å². The summed E-state index contributed by atoms with van der Waals surface area (Å²) in [7, 11) is 0. The van der Waals surface area contributed by atoms with E-state index in [0.717, 1.165) is 18.3 Å². The molecule has 2 rings (SSSR count). The maximum Gasteiger partial charge on any atom is 0.417 e. The number of hydrogen-bond donors (Lipinski definition) is 1. The summed E-state index contributed by atoms with van der Waals surface area (Å²) in [5.74, 6) is -1.18. The average molecular weight is 270 g/mol. The molecular formula is C12H9F3N2O2. The van der Waals surface area contributed by atoms with Crippen LogP contribution in [-0.4, -0.2) is 20.5 Å². The Morgan fingerprint density at radius 3 is 2.68 bits per heavy atom. The van der Waals surface area contributed by atoms with Gasteiger partial charge in [-0.1, -0.05) is 0 Å². The maximum absolute atomic E-state index is 12.6. The van der Waals surface area contributed by atoms with Gasteiger partial charge in [-0.15, -0.1) is 0 Å². The molecule has 0 amide bonds. The molecule has 100 valence electrons. The number of fused-ring (bicyclic) bond motifs is 1. The van der Waals surface area contributed by atoms with Gasteiger partial charge in [0.25, 0.3) is 0 Å². The lowest BCUT2D eigenvalue weighted by atomic mass is 10.2. The van der Waals surface area contributed by atoms with Crippen molar-refractivity contribution in [1.82, 2.24) is 9.38 Å². The van der Waals surface area contributed by atoms with E-state index in [2.05, 4.69) is 4.98 Å². The second kappa shape index (κ2) is 4.42. The zero-order valence-corrected chi connectivity index (χ0v) is 9.77. The highest BCUT2D eigenvalue weighted by molar-refractivity contribution is 5.85. The quantitative estimate of drug-likeness (QED) is 0.854. The molecule has 0 saturated carbocycles. The van der Waals surface area contributed by atoms with E-state index in [1.165, 1.54) is 16.5 Å². The van der Waals surface area contributed by atoms with Gasteiger partial charge in [-0.3, -0.25) is 4.40 Å². The van der Waals surface area contributed by atoms with Crippen molar-refractivity contribution in [1.29, 1.82) is 0 Å². The molecule has 0 bridgehead atoms. The van der Waals surface area contributed by atoms with Crippen LogP contribution in [0.15, 0.2) is 24.4 Å². The number of pyridine rings is 1. The number of nitrogens with zero attached hydrogens (tertiary/aromatic N) is 2. The third-order valence-electron chi connectivity index (χ3n) is 2.55. The highest BCUT2D eigenvalue weighted by Crippen LogP contribution is 2.29. The Morgan fingerprint density at radius 2 is 2.11 bits per heavy atom. The van der Waals surface area contributed by atoms with Crippen molar-refractivity contribution < 1.29 is 23.1 Å². The van der Waals surface area contributed by atoms with Gasteiger partial charge in [0, 0.05) is 12.3 Å². The predicted molar refractivity (Wildman–Crippen MR) is 61.6 cm³/mol. The number of rotatable bonds is 2. The molecule has 7 heteroatoms. The lowest BCUT2D eigenvalue weighted by molar-refractivity contribution is -0.138. The summed E-state index contributed by atoms with van der Waals surface area (Å²) in [4.78, 5) is 14.5. The number of carboxylic acid groups (broad SMARTS) is 1. The van der Waals surface area contributed by atoms with Gasteiger partial charge in [0.15, 0.2) is 0 Å². The predicted octanol–water partition coefficient (Wildman–Crippen LogP) is 2.76. The summed E-state index contributed by atoms with van der Waals surface area (Å²) in [5.41, 5.74) is 0.276. The molecule has 0 aliphatic carbocycles. The molecule has 0 fully saturated rings. The molecule has 0 radical (unpaired) electrons. The third-order valence-corrected chi connectivity index (χ3v) is 2.55. The Balaban J connectivity index is 2.63. The highest BCUT2D eigenvalue weighted by atomic mass is 19.4. The minimum Gasteiger partial charge on any atom is -0.478 e. The van der Waals surface area contributed by atoms with Crippen LogP contribution < -0.4 is 0 Å². The number of aromatic nitrogens is 2. The first kappa shape index (κ1) is 13.1. The molecule has 2 aromatic rings. The van der Waals surface area contributed by atoms with E-state index in [4.69, 9.17) is 5.11 Å². The first-order valence-corrected chi connectivity index (χ1v) is 5.26. The molecule has 0 aromatic carbocycles. The fourth-order valence-corrected chi connectivity index (χ4v) is 1.70. The van der Waals surface area contributed by atoms with Gasteiger partial charge in [-0.2, -0.15) is 13.2 Å². The van der Waals surface area contributed by atoms with Crippen molar-refractivity contribution >= 4 is 17.7 Å². The Bertz CT molecular complexity index is 671. The number of hydrogen-bond acceptors (Lipinski definition) is 2. The van der Waals surface area contributed by atoms with Gasteiger partial charge < -0.3 is 5.11 Å². The molecule has 0 atom stereocenters. The monoisotopic (exact) mass is 270 g/mol. The minimum atomic E-state index is -4.46. The molecule has 1 N–H and O–H groups in total. The Hall–Kier alpha value is -2.31. The van der Waals surface area contributed by atoms with E-state index in [1.54, 1.807) is 6.92 Å². The van der Waals surface area contributed by atoms with E-state index in [0.29, 0.717) is 17.0 Å². The van der Waals surface area contributed by atoms with E-state index in [9.17, 15) is 18.0 Å². The molecule has 0 aliphatic heterocycles. The number of imidazole rings is 1. The van der Waals surface area contributed by atoms with Crippen LogP contribution in [-0.2, 0) is 11.0 Å². The molecule has 2 aromatic heterocycles. The Morgan fingerprint density at radius 1 is 1.42 bits per heavy atom. The van der Waals surface area contributed by atoms with Crippen molar-refractivity contribution in [3.05, 3.63) is 41.4 Å². The third kappa shape index (κ3) is 2.59. The smallest absolute Gasteiger partial charge is 0.417 e. The molecule has 19 heavy (non-hydrogen) atoms. The largest absolute Gasteiger partial charge is 0.478 e. The summed E-state index contributed by atoms with van der Waals surface area (Å²) < 4.78 is 39.1. The van der Waals surface area contributed by atoms with Gasteiger partial charge in [-0.25, -0.2) is 9.78 Å². The highest BCUT2D eigenvalue weighted by Gasteiger charge is 2.31. The number of alkyl halides is 3. The van der Waals surface area contributed by atoms with Crippen LogP contribution >= 0.6 is 0 Å². The van der Waals surface area contributed by atoms with Gasteiger partial charge >= 0.3 is 12.1 Å². The summed E-state index contributed by atoms with van der Waals surface area (Å²) in [6.45, 7) is 1.60. The SMILES string of the molecule is Cc1nc2ccc(C(F)(F)F)cn2c1/C=C/C(=O)O. The molecule has 4 nitrogen and oxygen atoms in total. The van der Waals surface area contributed by atoms with Crippen LogP contribution in [0.4, 0.5) is 13.2 Å². The molecule has 0 unspecified atom stereocenters. The molecule has 0 saturated heterocycles. The second-order valence-electron chi connectivity index (χ2n) is 3.90. The minimum absolute atomic E-state index is 0.309. The molecule has 0 spiro atoms. The van der Waals surface area contributed by atoms with Gasteiger partial charge in [0.05, 0.1) is 17.0 Å². The lowest BCUT2D eigenvalue weighted by Gasteiger charge is -2.07. The van der Waals surface area contributed by atoms with E-state index in [-0.39, 0.29) is 0 Å². The Labute approximate surface area is 105 Å². The zero-order chi connectivity index (χ0) is 14.2. The molecule has 0 aliphatic rings. The zero-order valence-electron chi connectivity index (χ0n) is 9.77. The number of aliphatic carboxylic acids is 1. The van der Waals surface area contributed by atoms with Crippen LogP contribution in [0.25, 0.3) is 11.7 Å². The van der Waals surface area contributed by atoms with Crippen molar-refractivity contribution in [2.24, 2.45) is 0 Å². The van der Waals surface area contributed by atoms with Crippen LogP contribution in [0.1, 0.15) is 17.0 Å². The van der Waals surface area contributed by atoms with E-state index in [1.807, 2.05) is 0 Å². The summed E-state index contributed by atoms with van der Waals surface area (Å²) in [5, 5.41) is 8.56. The fourth-order valence-electron chi connectivity index (χ4n) is 1.70. The van der Waals surface area contributed by atoms with E-state index >= 15 is 0 Å². The number of carboxylic acids is 1. The standard InChI is InChI=1S/C12H9F3N2O2/c1-7-9(3-5-11(18)19)17-6-8(12(13,14)15)2-4-10(17)16-7/h2-6H,1H3,(H,18,19)/b5-3+. The first-order chi connectivity index (χ1) is 8.79. The average Bonchev–Trinajstić information content (AvgIpc) is 2.59. The number of carbonyl (C=O) groups is 1. The molecular weight excluding hydrogens is 261 g/mol. The summed E-state index contributed by atoms with van der Waals surface area (Å²) in [6.07, 6.45) is -1.48. The van der Waals surface area contributed by atoms with Gasteiger partial charge in [0.2, 0.25) is 0 Å². The topological polar surface area (TPSA) is 54.6 Å². The summed E-state index contributed by atoms with van der Waals surface area (Å²) >= 11 is 0. The second-order valence-corrected chi connectivity index (χ2v) is 3.90. The fraction of sp³-hybridized carbons (Fsp3) is 0.167. The van der Waals surface area contributed by atoms with Gasteiger partial charge in [0.1, 0.15) is 5.65 Å². The van der Waals surface area contributed by atoms with Crippen LogP contribution in [0, 0.1) is 6.92 Å². The van der Waals surface area contributed by atoms with Crippen molar-refractivity contribution in [2.75, 3.05) is 0 Å². The first-order valence-electron chi connectivity index (χ1n) is 5.26. The number of halogens is 3. The van der Waals surface area contributed by atoms with E-state index < -0.39 is 17.7 Å². The van der Waals surface area contributed by atoms with Crippen molar-refractivity contribution in [3.8, 4) is 0 Å². The lowest BCUT2D eigenvalue weighted by Crippen LogP contribution is -2.06. The summed E-state index contributed by atoms with van der Waals surface area (Å²) in [6, 6.07) is 2.18. The van der Waals surface area contributed by atoms with Gasteiger partial charge in [-0.05, 0) is 25.1 Å². The Kier molecular flexibility index (Phi) is 3.05. The van der Waals surface area contributed by atoms with Crippen molar-refractivity contribution in [2.45, 2.75) is 13.1 Å². The van der Waals surface area contributed by atoms with Crippen LogP contribution in [0.5, 0.6) is 0 Å². The number of aryl methyl sites for hydroxylation is 1. The van der Waals surface area contributed by atoms with Crippen molar-refractivity contribution in [3.63, 3.8) is 0 Å². The van der Waals surface area contributed by atoms with Crippen LogP contribution in [0.3, 0.4) is 0 Å². The maximum atomic E-state index is 12.6. The normalized spacial score (nSPS) is 12.4.